The molecule has 0 bridgehead atoms. The summed E-state index contributed by atoms with van der Waals surface area (Å²) in [6.45, 7) is 0. The summed E-state index contributed by atoms with van der Waals surface area (Å²) in [4.78, 5) is 26.4. The van der Waals surface area contributed by atoms with Crippen LogP contribution in [0.4, 0.5) is 11.5 Å². The van der Waals surface area contributed by atoms with Crippen LogP contribution < -0.4 is 5.32 Å². The van der Waals surface area contributed by atoms with Crippen LogP contribution in [0.15, 0.2) is 45.5 Å². The minimum Gasteiger partial charge on any atom is -0.306 e. The quantitative estimate of drug-likeness (QED) is 0.627. The third-order valence-corrected chi connectivity index (χ3v) is 3.88. The van der Waals surface area contributed by atoms with Gasteiger partial charge >= 0.3 is 0 Å². The maximum atomic E-state index is 12.1. The molecule has 0 aliphatic rings. The molecule has 1 amide bonds. The average Bonchev–Trinajstić information content (AvgIpc) is 2.41. The molecule has 0 aliphatic carbocycles. The van der Waals surface area contributed by atoms with Gasteiger partial charge in [0, 0.05) is 12.3 Å². The summed E-state index contributed by atoms with van der Waals surface area (Å²) in [6.07, 6.45) is 1.53. The van der Waals surface area contributed by atoms with Crippen molar-refractivity contribution < 1.29 is 9.72 Å². The van der Waals surface area contributed by atoms with E-state index in [1.807, 2.05) is 0 Å². The van der Waals surface area contributed by atoms with Gasteiger partial charge in [0.05, 0.1) is 15.0 Å². The number of hydrogen-bond acceptors (Lipinski definition) is 4. The first-order valence-corrected chi connectivity index (χ1v) is 6.94. The van der Waals surface area contributed by atoms with Crippen LogP contribution in [0, 0.1) is 10.1 Å². The van der Waals surface area contributed by atoms with E-state index in [-0.39, 0.29) is 15.7 Å². The van der Waals surface area contributed by atoms with Crippen LogP contribution in [0.2, 0.25) is 0 Å². The Hall–Kier alpha value is -1.80. The zero-order valence-corrected chi connectivity index (χ0v) is 13.0. The number of carbonyl (C=O) groups excluding carboxylic acids is 1. The molecule has 0 spiro atoms. The van der Waals surface area contributed by atoms with Crippen molar-refractivity contribution in [1.29, 1.82) is 0 Å². The van der Waals surface area contributed by atoms with Gasteiger partial charge in [0.1, 0.15) is 10.3 Å². The Morgan fingerprint density at radius 3 is 2.65 bits per heavy atom. The highest BCUT2D eigenvalue weighted by atomic mass is 79.9. The normalized spacial score (nSPS) is 10.1. The van der Waals surface area contributed by atoms with Crippen molar-refractivity contribution >= 4 is 49.3 Å². The number of halogens is 2. The summed E-state index contributed by atoms with van der Waals surface area (Å²) in [5, 5.41) is 13.4. The molecule has 0 atom stereocenters. The molecule has 1 aromatic heterocycles. The van der Waals surface area contributed by atoms with Crippen molar-refractivity contribution in [2.24, 2.45) is 0 Å². The van der Waals surface area contributed by atoms with Crippen LogP contribution in [0.5, 0.6) is 0 Å². The fraction of sp³-hybridized carbons (Fsp3) is 0. The number of nitro benzene ring substituents is 1. The van der Waals surface area contributed by atoms with Gasteiger partial charge in [-0.2, -0.15) is 0 Å². The Balaban J connectivity index is 2.33. The van der Waals surface area contributed by atoms with Crippen LogP contribution in [0.25, 0.3) is 0 Å². The van der Waals surface area contributed by atoms with Gasteiger partial charge in [-0.05, 0) is 50.1 Å². The molecule has 0 saturated heterocycles. The molecule has 0 fully saturated rings. The van der Waals surface area contributed by atoms with Gasteiger partial charge in [-0.15, -0.1) is 0 Å². The molecule has 1 N–H and O–H groups in total. The minimum absolute atomic E-state index is 0.134. The topological polar surface area (TPSA) is 85.1 Å². The van der Waals surface area contributed by atoms with Crippen molar-refractivity contribution in [1.82, 2.24) is 4.98 Å². The first-order chi connectivity index (χ1) is 9.50. The molecule has 8 heteroatoms. The van der Waals surface area contributed by atoms with E-state index in [0.29, 0.717) is 10.3 Å². The lowest BCUT2D eigenvalue weighted by Crippen LogP contribution is -2.14. The van der Waals surface area contributed by atoms with Crippen molar-refractivity contribution in [3.63, 3.8) is 0 Å². The standard InChI is InChI=1S/C12H7Br2N3O3/c13-8-4-2-6-15-11(8)16-12(18)7-3-1-5-9(10(7)14)17(19)20/h1-6H,(H,15,16,18). The second kappa shape index (κ2) is 6.10. The van der Waals surface area contributed by atoms with E-state index in [0.717, 1.165) is 0 Å². The lowest BCUT2D eigenvalue weighted by atomic mass is 10.2. The summed E-state index contributed by atoms with van der Waals surface area (Å²) in [5.74, 6) is -0.143. The van der Waals surface area contributed by atoms with E-state index in [1.165, 1.54) is 24.4 Å². The summed E-state index contributed by atoms with van der Waals surface area (Å²) >= 11 is 6.34. The number of amides is 1. The maximum Gasteiger partial charge on any atom is 0.284 e. The van der Waals surface area contributed by atoms with Crippen molar-refractivity contribution in [2.45, 2.75) is 0 Å². The number of nitrogens with zero attached hydrogens (tertiary/aromatic N) is 2. The molecule has 102 valence electrons. The van der Waals surface area contributed by atoms with Crippen molar-refractivity contribution in [3.8, 4) is 0 Å². The number of hydrogen-bond donors (Lipinski definition) is 1. The fourth-order valence-electron chi connectivity index (χ4n) is 1.49. The van der Waals surface area contributed by atoms with E-state index >= 15 is 0 Å². The monoisotopic (exact) mass is 399 g/mol. The second-order valence-electron chi connectivity index (χ2n) is 3.68. The molecule has 6 nitrogen and oxygen atoms in total. The highest BCUT2D eigenvalue weighted by molar-refractivity contribution is 9.11. The molecule has 0 unspecified atom stereocenters. The highest BCUT2D eigenvalue weighted by Gasteiger charge is 2.20. The highest BCUT2D eigenvalue weighted by Crippen LogP contribution is 2.29. The molecule has 0 radical (unpaired) electrons. The number of carbonyl (C=O) groups is 1. The Kier molecular flexibility index (Phi) is 4.46. The Bertz CT molecular complexity index is 691. The fourth-order valence-corrected chi connectivity index (χ4v) is 2.43. The summed E-state index contributed by atoms with van der Waals surface area (Å²) in [7, 11) is 0. The minimum atomic E-state index is -0.558. The van der Waals surface area contributed by atoms with Crippen LogP contribution in [-0.4, -0.2) is 15.8 Å². The van der Waals surface area contributed by atoms with Gasteiger partial charge in [-0.1, -0.05) is 6.07 Å². The molecular formula is C12H7Br2N3O3. The van der Waals surface area contributed by atoms with Crippen LogP contribution in [0.3, 0.4) is 0 Å². The average molecular weight is 401 g/mol. The number of pyridine rings is 1. The molecule has 1 heterocycles. The lowest BCUT2D eigenvalue weighted by Gasteiger charge is -2.07. The number of nitrogens with one attached hydrogen (secondary N) is 1. The summed E-state index contributed by atoms with van der Waals surface area (Å²) < 4.78 is 0.754. The third kappa shape index (κ3) is 3.02. The Morgan fingerprint density at radius 1 is 1.25 bits per heavy atom. The van der Waals surface area contributed by atoms with Gasteiger partial charge < -0.3 is 5.32 Å². The molecule has 2 aromatic rings. The first kappa shape index (κ1) is 14.6. The Morgan fingerprint density at radius 2 is 2.00 bits per heavy atom. The number of benzene rings is 1. The van der Waals surface area contributed by atoms with Crippen LogP contribution in [-0.2, 0) is 0 Å². The first-order valence-electron chi connectivity index (χ1n) is 5.35. The van der Waals surface area contributed by atoms with E-state index in [9.17, 15) is 14.9 Å². The smallest absolute Gasteiger partial charge is 0.284 e. The largest absolute Gasteiger partial charge is 0.306 e. The van der Waals surface area contributed by atoms with E-state index < -0.39 is 10.8 Å². The molecular weight excluding hydrogens is 394 g/mol. The van der Waals surface area contributed by atoms with E-state index in [4.69, 9.17) is 0 Å². The van der Waals surface area contributed by atoms with Gasteiger partial charge in [-0.25, -0.2) is 4.98 Å². The predicted octanol–water partition coefficient (Wildman–Crippen LogP) is 3.77. The molecule has 2 rings (SSSR count). The number of aromatic nitrogens is 1. The van der Waals surface area contributed by atoms with Crippen LogP contribution in [0.1, 0.15) is 10.4 Å². The molecule has 0 saturated carbocycles. The molecule has 20 heavy (non-hydrogen) atoms. The number of anilines is 1. The van der Waals surface area contributed by atoms with E-state index in [2.05, 4.69) is 42.2 Å². The Labute approximate surface area is 130 Å². The summed E-state index contributed by atoms with van der Waals surface area (Å²) in [5.41, 5.74) is -0.00510. The van der Waals surface area contributed by atoms with Crippen LogP contribution >= 0.6 is 31.9 Å². The third-order valence-electron chi connectivity index (χ3n) is 2.41. The second-order valence-corrected chi connectivity index (χ2v) is 5.33. The zero-order chi connectivity index (χ0) is 14.7. The SMILES string of the molecule is O=C(Nc1ncccc1Br)c1cccc([N+](=O)[O-])c1Br. The summed E-state index contributed by atoms with van der Waals surface area (Å²) in [6, 6.07) is 7.69. The number of nitro groups is 1. The predicted molar refractivity (Wildman–Crippen MR) is 80.7 cm³/mol. The molecule has 0 aliphatic heterocycles. The zero-order valence-electron chi connectivity index (χ0n) is 9.84. The van der Waals surface area contributed by atoms with Crippen molar-refractivity contribution in [2.75, 3.05) is 5.32 Å². The lowest BCUT2D eigenvalue weighted by molar-refractivity contribution is -0.385. The maximum absolute atomic E-state index is 12.1. The van der Waals surface area contributed by atoms with Crippen molar-refractivity contribution in [3.05, 3.63) is 61.2 Å². The van der Waals surface area contributed by atoms with Gasteiger partial charge in [0.2, 0.25) is 0 Å². The number of rotatable bonds is 3. The van der Waals surface area contributed by atoms with Gasteiger partial charge in [0.15, 0.2) is 0 Å². The van der Waals surface area contributed by atoms with Gasteiger partial charge in [0.25, 0.3) is 11.6 Å². The van der Waals surface area contributed by atoms with E-state index in [1.54, 1.807) is 12.1 Å². The molecule has 1 aromatic carbocycles. The van der Waals surface area contributed by atoms with Gasteiger partial charge in [-0.3, -0.25) is 14.9 Å².